The summed E-state index contributed by atoms with van der Waals surface area (Å²) < 4.78 is 2.26. The second-order valence-corrected chi connectivity index (χ2v) is 9.22. The Morgan fingerprint density at radius 1 is 1.10 bits per heavy atom. The molecule has 148 valence electrons. The van der Waals surface area contributed by atoms with E-state index >= 15 is 0 Å². The molecule has 0 unspecified atom stereocenters. The quantitative estimate of drug-likeness (QED) is 0.682. The van der Waals surface area contributed by atoms with Crippen LogP contribution in [0, 0.1) is 13.8 Å². The third-order valence-electron chi connectivity index (χ3n) is 5.78. The summed E-state index contributed by atoms with van der Waals surface area (Å²) in [7, 11) is 0. The molecule has 3 atom stereocenters. The van der Waals surface area contributed by atoms with Crippen molar-refractivity contribution in [1.29, 1.82) is 0 Å². The zero-order valence-corrected chi connectivity index (χ0v) is 17.6. The Bertz CT molecular complexity index is 1070. The fourth-order valence-electron chi connectivity index (χ4n) is 4.54. The number of pyridine rings is 1. The number of thioether (sulfide) groups is 1. The standard InChI is InChI=1S/C23H24N4OS/c1-14-12-19(16(3)27(14)17-7-9-18(28)10-8-17)22-21(20-6-4-5-11-24-20)25-23-26(22)13-15(2)29-23/h4-12,15,21-22,28H,13H2,1-3H3/t15-,21-,22-/m1/s1. The molecule has 4 heterocycles. The number of benzene rings is 1. The van der Waals surface area contributed by atoms with E-state index in [1.54, 1.807) is 12.1 Å². The molecule has 1 aromatic carbocycles. The van der Waals surface area contributed by atoms with Crippen molar-refractivity contribution in [2.75, 3.05) is 6.54 Å². The van der Waals surface area contributed by atoms with E-state index in [1.165, 1.54) is 17.0 Å². The van der Waals surface area contributed by atoms with E-state index in [1.807, 2.05) is 42.2 Å². The largest absolute Gasteiger partial charge is 0.508 e. The van der Waals surface area contributed by atoms with Crippen LogP contribution in [0.2, 0.25) is 0 Å². The van der Waals surface area contributed by atoms with Gasteiger partial charge in [0.05, 0.1) is 11.7 Å². The van der Waals surface area contributed by atoms with Crippen molar-refractivity contribution in [2.45, 2.75) is 38.1 Å². The molecule has 1 saturated heterocycles. The lowest BCUT2D eigenvalue weighted by Crippen LogP contribution is -2.28. The SMILES string of the molecule is Cc1cc([C@@H]2[C@@H](c3ccccn3)N=C3S[C@H](C)CN32)c(C)n1-c1ccc(O)cc1. The molecule has 2 aromatic heterocycles. The van der Waals surface area contributed by atoms with Gasteiger partial charge in [0.2, 0.25) is 0 Å². The third-order valence-corrected chi connectivity index (χ3v) is 6.88. The number of aromatic nitrogens is 2. The minimum absolute atomic E-state index is 0.0000298. The van der Waals surface area contributed by atoms with E-state index in [0.717, 1.165) is 23.1 Å². The molecule has 5 nitrogen and oxygen atoms in total. The van der Waals surface area contributed by atoms with E-state index in [2.05, 4.69) is 47.4 Å². The van der Waals surface area contributed by atoms with Crippen LogP contribution in [0.25, 0.3) is 5.69 Å². The van der Waals surface area contributed by atoms with Gasteiger partial charge in [0, 0.05) is 35.1 Å². The first kappa shape index (κ1) is 18.3. The van der Waals surface area contributed by atoms with Crippen LogP contribution in [-0.2, 0) is 0 Å². The zero-order chi connectivity index (χ0) is 20.1. The van der Waals surface area contributed by atoms with Gasteiger partial charge < -0.3 is 14.6 Å². The lowest BCUT2D eigenvalue weighted by atomic mass is 9.96. The minimum atomic E-state index is -0.0000298. The first-order valence-corrected chi connectivity index (χ1v) is 10.8. The van der Waals surface area contributed by atoms with Crippen LogP contribution in [0.3, 0.4) is 0 Å². The maximum absolute atomic E-state index is 9.67. The summed E-state index contributed by atoms with van der Waals surface area (Å²) in [5.41, 5.74) is 5.75. The van der Waals surface area contributed by atoms with Gasteiger partial charge in [-0.2, -0.15) is 0 Å². The first-order valence-electron chi connectivity index (χ1n) is 9.93. The topological polar surface area (TPSA) is 53.7 Å². The maximum Gasteiger partial charge on any atom is 0.160 e. The van der Waals surface area contributed by atoms with E-state index in [0.29, 0.717) is 5.25 Å². The Morgan fingerprint density at radius 2 is 1.90 bits per heavy atom. The highest BCUT2D eigenvalue weighted by atomic mass is 32.2. The lowest BCUT2D eigenvalue weighted by Gasteiger charge is -2.27. The summed E-state index contributed by atoms with van der Waals surface area (Å²) in [5.74, 6) is 0.281. The van der Waals surface area contributed by atoms with Crippen LogP contribution in [0.1, 0.15) is 41.7 Å². The number of nitrogens with zero attached hydrogens (tertiary/aromatic N) is 4. The van der Waals surface area contributed by atoms with Crippen molar-refractivity contribution in [2.24, 2.45) is 4.99 Å². The highest BCUT2D eigenvalue weighted by Crippen LogP contribution is 2.48. The normalized spacial score (nSPS) is 23.3. The number of phenols is 1. The van der Waals surface area contributed by atoms with Gasteiger partial charge in [0.25, 0.3) is 0 Å². The predicted molar refractivity (Wildman–Crippen MR) is 118 cm³/mol. The van der Waals surface area contributed by atoms with Crippen molar-refractivity contribution in [1.82, 2.24) is 14.5 Å². The predicted octanol–water partition coefficient (Wildman–Crippen LogP) is 4.78. The van der Waals surface area contributed by atoms with Gasteiger partial charge in [-0.15, -0.1) is 0 Å². The molecule has 1 N–H and O–H groups in total. The summed E-state index contributed by atoms with van der Waals surface area (Å²) in [6, 6.07) is 15.9. The van der Waals surface area contributed by atoms with Gasteiger partial charge in [-0.25, -0.2) is 0 Å². The fourth-order valence-corrected chi connectivity index (χ4v) is 5.63. The van der Waals surface area contributed by atoms with Gasteiger partial charge in [-0.3, -0.25) is 9.98 Å². The Balaban J connectivity index is 1.62. The number of aryl methyl sites for hydroxylation is 1. The van der Waals surface area contributed by atoms with Crippen LogP contribution in [0.4, 0.5) is 0 Å². The van der Waals surface area contributed by atoms with Crippen LogP contribution < -0.4 is 0 Å². The molecule has 0 amide bonds. The monoisotopic (exact) mass is 404 g/mol. The molecule has 2 aliphatic rings. The number of amidine groups is 1. The van der Waals surface area contributed by atoms with Crippen molar-refractivity contribution in [3.05, 3.63) is 77.4 Å². The summed E-state index contributed by atoms with van der Waals surface area (Å²) in [4.78, 5) is 12.2. The Kier molecular flexibility index (Phi) is 4.39. The number of aliphatic imine (C=N–C) groups is 1. The number of rotatable bonds is 3. The van der Waals surface area contributed by atoms with Gasteiger partial charge in [0.15, 0.2) is 5.17 Å². The Labute approximate surface area is 175 Å². The summed E-state index contributed by atoms with van der Waals surface area (Å²) in [6.07, 6.45) is 1.85. The van der Waals surface area contributed by atoms with Gasteiger partial charge in [-0.05, 0) is 61.9 Å². The smallest absolute Gasteiger partial charge is 0.160 e. The van der Waals surface area contributed by atoms with Crippen LogP contribution >= 0.6 is 11.8 Å². The second kappa shape index (κ2) is 6.95. The van der Waals surface area contributed by atoms with Gasteiger partial charge in [0.1, 0.15) is 11.8 Å². The highest BCUT2D eigenvalue weighted by Gasteiger charge is 2.44. The maximum atomic E-state index is 9.67. The first-order chi connectivity index (χ1) is 14.0. The van der Waals surface area contributed by atoms with E-state index in [4.69, 9.17) is 4.99 Å². The minimum Gasteiger partial charge on any atom is -0.508 e. The molecule has 1 fully saturated rings. The van der Waals surface area contributed by atoms with Crippen LogP contribution in [0.15, 0.2) is 59.7 Å². The molecule has 0 aliphatic carbocycles. The Morgan fingerprint density at radius 3 is 2.62 bits per heavy atom. The van der Waals surface area contributed by atoms with Gasteiger partial charge >= 0.3 is 0 Å². The number of hydrogen-bond donors (Lipinski definition) is 1. The molecular formula is C23H24N4OS. The van der Waals surface area contributed by atoms with Gasteiger partial charge in [-0.1, -0.05) is 24.8 Å². The van der Waals surface area contributed by atoms with Crippen molar-refractivity contribution in [3.63, 3.8) is 0 Å². The van der Waals surface area contributed by atoms with Crippen LogP contribution in [-0.4, -0.2) is 36.5 Å². The average Bonchev–Trinajstić information content (AvgIpc) is 3.33. The molecule has 0 bridgehead atoms. The van der Waals surface area contributed by atoms with Crippen molar-refractivity contribution in [3.8, 4) is 11.4 Å². The van der Waals surface area contributed by atoms with E-state index < -0.39 is 0 Å². The van der Waals surface area contributed by atoms with Crippen LogP contribution in [0.5, 0.6) is 5.75 Å². The average molecular weight is 405 g/mol. The molecular weight excluding hydrogens is 380 g/mol. The number of aromatic hydroxyl groups is 1. The summed E-state index contributed by atoms with van der Waals surface area (Å²) >= 11 is 1.86. The van der Waals surface area contributed by atoms with E-state index in [-0.39, 0.29) is 17.8 Å². The molecule has 0 saturated carbocycles. The van der Waals surface area contributed by atoms with Crippen molar-refractivity contribution >= 4 is 16.9 Å². The molecule has 0 spiro atoms. The molecule has 2 aliphatic heterocycles. The van der Waals surface area contributed by atoms with E-state index in [9.17, 15) is 5.11 Å². The zero-order valence-electron chi connectivity index (χ0n) is 16.8. The number of hydrogen-bond acceptors (Lipinski definition) is 5. The molecule has 6 heteroatoms. The third kappa shape index (κ3) is 3.02. The number of fused-ring (bicyclic) bond motifs is 1. The fraction of sp³-hybridized carbons (Fsp3) is 0.304. The lowest BCUT2D eigenvalue weighted by molar-refractivity contribution is 0.320. The van der Waals surface area contributed by atoms with Crippen molar-refractivity contribution < 1.29 is 5.11 Å². The second-order valence-electron chi connectivity index (χ2n) is 7.82. The number of phenolic OH excluding ortho intramolecular Hbond substituents is 1. The highest BCUT2D eigenvalue weighted by molar-refractivity contribution is 8.14. The summed E-state index contributed by atoms with van der Waals surface area (Å²) in [6.45, 7) is 7.57. The molecule has 3 aromatic rings. The molecule has 29 heavy (non-hydrogen) atoms. The molecule has 5 rings (SSSR count). The summed E-state index contributed by atoms with van der Waals surface area (Å²) in [5, 5.41) is 11.3. The molecule has 0 radical (unpaired) electrons. The Hall–Kier alpha value is -2.73.